The zero-order valence-corrected chi connectivity index (χ0v) is 14.7. The molecule has 5 nitrogen and oxygen atoms in total. The van der Waals surface area contributed by atoms with Crippen LogP contribution in [0.1, 0.15) is 59.8 Å². The number of amides is 1. The summed E-state index contributed by atoms with van der Waals surface area (Å²) in [5.74, 6) is 0.233. The topological polar surface area (TPSA) is 108 Å². The smallest absolute Gasteiger partial charge is 0.267 e. The molecule has 5 heteroatoms. The van der Waals surface area contributed by atoms with E-state index in [-0.39, 0.29) is 5.69 Å². The number of aryl methyl sites for hydroxylation is 1. The molecule has 1 fully saturated rings. The number of nitrogens with zero attached hydrogens (tertiary/aromatic N) is 1. The van der Waals surface area contributed by atoms with Gasteiger partial charge in [-0.25, -0.2) is 0 Å². The summed E-state index contributed by atoms with van der Waals surface area (Å²) in [6.07, 6.45) is 7.01. The standard InChI is InChI=1S/C20H26N4O/c1-2-14-5-6-15(11-17(14)21)20(23,10-9-13-3-4-13)16-7-8-18(19(22)25)24-12-16/h5-8,11-13H,2-4,9-10,21,23H2,1H3,(H2,22,25). The number of carbonyl (C=O) groups excluding carboxylic acids is 1. The van der Waals surface area contributed by atoms with E-state index in [2.05, 4.69) is 24.0 Å². The van der Waals surface area contributed by atoms with Crippen LogP contribution in [0.5, 0.6) is 0 Å². The quantitative estimate of drug-likeness (QED) is 0.674. The van der Waals surface area contributed by atoms with Crippen LogP contribution in [0, 0.1) is 5.92 Å². The van der Waals surface area contributed by atoms with E-state index in [9.17, 15) is 4.79 Å². The molecule has 25 heavy (non-hydrogen) atoms. The third-order valence-corrected chi connectivity index (χ3v) is 5.22. The first kappa shape index (κ1) is 17.4. The van der Waals surface area contributed by atoms with Crippen molar-refractivity contribution in [3.05, 3.63) is 58.9 Å². The molecule has 0 bridgehead atoms. The van der Waals surface area contributed by atoms with Gasteiger partial charge in [-0.1, -0.05) is 38.0 Å². The second-order valence-electron chi connectivity index (χ2n) is 7.02. The van der Waals surface area contributed by atoms with Crippen molar-refractivity contribution >= 4 is 11.6 Å². The van der Waals surface area contributed by atoms with Crippen LogP contribution in [0.15, 0.2) is 36.5 Å². The number of pyridine rings is 1. The summed E-state index contributed by atoms with van der Waals surface area (Å²) in [4.78, 5) is 15.5. The monoisotopic (exact) mass is 338 g/mol. The van der Waals surface area contributed by atoms with Crippen molar-refractivity contribution in [2.45, 2.75) is 44.6 Å². The van der Waals surface area contributed by atoms with Crippen LogP contribution in [-0.2, 0) is 12.0 Å². The van der Waals surface area contributed by atoms with E-state index < -0.39 is 11.4 Å². The molecule has 1 aromatic carbocycles. The molecule has 1 heterocycles. The van der Waals surface area contributed by atoms with E-state index in [1.54, 1.807) is 12.3 Å². The van der Waals surface area contributed by atoms with Gasteiger partial charge >= 0.3 is 0 Å². The number of aromatic nitrogens is 1. The van der Waals surface area contributed by atoms with Crippen molar-refractivity contribution in [1.29, 1.82) is 0 Å². The van der Waals surface area contributed by atoms with Gasteiger partial charge in [-0.2, -0.15) is 0 Å². The van der Waals surface area contributed by atoms with Crippen molar-refractivity contribution in [1.82, 2.24) is 4.98 Å². The SMILES string of the molecule is CCc1ccc(C(N)(CCC2CC2)c2ccc(C(N)=O)nc2)cc1N. The van der Waals surface area contributed by atoms with Crippen LogP contribution in [0.3, 0.4) is 0 Å². The summed E-state index contributed by atoms with van der Waals surface area (Å²) < 4.78 is 0. The number of rotatable bonds is 7. The largest absolute Gasteiger partial charge is 0.398 e. The van der Waals surface area contributed by atoms with E-state index in [1.807, 2.05) is 12.1 Å². The summed E-state index contributed by atoms with van der Waals surface area (Å²) in [6.45, 7) is 2.08. The number of nitrogen functional groups attached to an aromatic ring is 1. The first-order valence-electron chi connectivity index (χ1n) is 8.88. The Morgan fingerprint density at radius 2 is 1.96 bits per heavy atom. The Balaban J connectivity index is 1.99. The molecule has 3 rings (SSSR count). The maximum Gasteiger partial charge on any atom is 0.267 e. The zero-order chi connectivity index (χ0) is 18.0. The number of anilines is 1. The minimum atomic E-state index is -0.674. The van der Waals surface area contributed by atoms with Gasteiger partial charge in [0.05, 0.1) is 5.54 Å². The highest BCUT2D eigenvalue weighted by molar-refractivity contribution is 5.90. The van der Waals surface area contributed by atoms with Gasteiger partial charge in [0.25, 0.3) is 5.91 Å². The van der Waals surface area contributed by atoms with Gasteiger partial charge < -0.3 is 17.2 Å². The Hall–Kier alpha value is -2.40. The average Bonchev–Trinajstić information content (AvgIpc) is 3.44. The van der Waals surface area contributed by atoms with E-state index in [0.29, 0.717) is 0 Å². The fraction of sp³-hybridized carbons (Fsp3) is 0.400. The first-order chi connectivity index (χ1) is 11.9. The van der Waals surface area contributed by atoms with E-state index in [1.165, 1.54) is 12.8 Å². The minimum absolute atomic E-state index is 0.245. The van der Waals surface area contributed by atoms with Gasteiger partial charge in [0.2, 0.25) is 0 Å². The zero-order valence-electron chi connectivity index (χ0n) is 14.7. The van der Waals surface area contributed by atoms with Gasteiger partial charge in [0.15, 0.2) is 0 Å². The molecule has 1 atom stereocenters. The highest BCUT2D eigenvalue weighted by Gasteiger charge is 2.33. The molecule has 6 N–H and O–H groups in total. The molecule has 132 valence electrons. The fourth-order valence-corrected chi connectivity index (χ4v) is 3.29. The third kappa shape index (κ3) is 3.66. The second-order valence-corrected chi connectivity index (χ2v) is 7.02. The molecule has 2 aromatic rings. The van der Waals surface area contributed by atoms with Crippen LogP contribution < -0.4 is 17.2 Å². The molecular weight excluding hydrogens is 312 g/mol. The molecule has 1 aliphatic rings. The van der Waals surface area contributed by atoms with Crippen molar-refractivity contribution in [2.75, 3.05) is 5.73 Å². The molecule has 1 saturated carbocycles. The minimum Gasteiger partial charge on any atom is -0.398 e. The van der Waals surface area contributed by atoms with Crippen molar-refractivity contribution < 1.29 is 4.79 Å². The second kappa shape index (κ2) is 6.84. The van der Waals surface area contributed by atoms with Gasteiger partial charge in [0.1, 0.15) is 5.69 Å². The Bertz CT molecular complexity index is 768. The van der Waals surface area contributed by atoms with Crippen LogP contribution in [-0.4, -0.2) is 10.9 Å². The van der Waals surface area contributed by atoms with Crippen molar-refractivity contribution in [3.63, 3.8) is 0 Å². The maximum absolute atomic E-state index is 11.3. The summed E-state index contributed by atoms with van der Waals surface area (Å²) in [5, 5.41) is 0. The van der Waals surface area contributed by atoms with Crippen LogP contribution in [0.4, 0.5) is 5.69 Å². The van der Waals surface area contributed by atoms with Crippen LogP contribution in [0.25, 0.3) is 0 Å². The lowest BCUT2D eigenvalue weighted by atomic mass is 9.79. The molecule has 1 aromatic heterocycles. The van der Waals surface area contributed by atoms with Gasteiger partial charge in [-0.05, 0) is 54.0 Å². The summed E-state index contributed by atoms with van der Waals surface area (Å²) in [7, 11) is 0. The average molecular weight is 338 g/mol. The van der Waals surface area contributed by atoms with Crippen molar-refractivity contribution in [3.8, 4) is 0 Å². The Kier molecular flexibility index (Phi) is 4.77. The van der Waals surface area contributed by atoms with E-state index in [4.69, 9.17) is 17.2 Å². The fourth-order valence-electron chi connectivity index (χ4n) is 3.29. The number of hydrogen-bond acceptors (Lipinski definition) is 4. The Labute approximate surface area is 148 Å². The Morgan fingerprint density at radius 1 is 1.24 bits per heavy atom. The predicted molar refractivity (Wildman–Crippen MR) is 99.9 cm³/mol. The summed E-state index contributed by atoms with van der Waals surface area (Å²) >= 11 is 0. The molecule has 0 radical (unpaired) electrons. The normalized spacial score (nSPS) is 16.4. The van der Waals surface area contributed by atoms with E-state index >= 15 is 0 Å². The molecule has 0 spiro atoms. The van der Waals surface area contributed by atoms with E-state index in [0.717, 1.165) is 47.6 Å². The number of carbonyl (C=O) groups is 1. The lowest BCUT2D eigenvalue weighted by molar-refractivity contribution is 0.0995. The summed E-state index contributed by atoms with van der Waals surface area (Å²) in [5.41, 5.74) is 21.7. The lowest BCUT2D eigenvalue weighted by Gasteiger charge is -2.31. The molecule has 1 unspecified atom stereocenters. The number of hydrogen-bond donors (Lipinski definition) is 3. The highest BCUT2D eigenvalue weighted by Crippen LogP contribution is 2.40. The lowest BCUT2D eigenvalue weighted by Crippen LogP contribution is -2.38. The van der Waals surface area contributed by atoms with Crippen LogP contribution in [0.2, 0.25) is 0 Å². The molecule has 1 amide bonds. The summed E-state index contributed by atoms with van der Waals surface area (Å²) in [6, 6.07) is 9.58. The molecule has 0 saturated heterocycles. The van der Waals surface area contributed by atoms with Gasteiger partial charge in [-0.3, -0.25) is 9.78 Å². The maximum atomic E-state index is 11.3. The number of nitrogens with two attached hydrogens (primary N) is 3. The number of benzene rings is 1. The third-order valence-electron chi connectivity index (χ3n) is 5.22. The molecule has 1 aliphatic carbocycles. The first-order valence-corrected chi connectivity index (χ1v) is 8.88. The molecule has 0 aliphatic heterocycles. The van der Waals surface area contributed by atoms with Gasteiger partial charge in [-0.15, -0.1) is 0 Å². The van der Waals surface area contributed by atoms with Crippen molar-refractivity contribution in [2.24, 2.45) is 17.4 Å². The Morgan fingerprint density at radius 3 is 2.48 bits per heavy atom. The number of primary amides is 1. The van der Waals surface area contributed by atoms with Gasteiger partial charge in [0, 0.05) is 11.9 Å². The molecular formula is C20H26N4O. The highest BCUT2D eigenvalue weighted by atomic mass is 16.1. The predicted octanol–water partition coefficient (Wildman–Crippen LogP) is 2.72. The van der Waals surface area contributed by atoms with Crippen LogP contribution >= 0.6 is 0 Å².